The summed E-state index contributed by atoms with van der Waals surface area (Å²) in [5, 5.41) is 0. The molecular formula is C35H51NO7P+. The molecule has 5 rings (SSSR count). The minimum atomic E-state index is -4.16. The second kappa shape index (κ2) is 12.6. The van der Waals surface area contributed by atoms with Gasteiger partial charge >= 0.3 is 13.8 Å². The van der Waals surface area contributed by atoms with Crippen LogP contribution in [0.4, 0.5) is 0 Å². The lowest BCUT2D eigenvalue weighted by molar-refractivity contribution is -0.956. The molecule has 9 heteroatoms. The van der Waals surface area contributed by atoms with Gasteiger partial charge in [0.2, 0.25) is 5.60 Å². The summed E-state index contributed by atoms with van der Waals surface area (Å²) in [6.07, 6.45) is 5.31. The molecule has 3 heterocycles. The van der Waals surface area contributed by atoms with Crippen LogP contribution in [-0.2, 0) is 38.0 Å². The van der Waals surface area contributed by atoms with Crippen LogP contribution in [0.15, 0.2) is 60.7 Å². The van der Waals surface area contributed by atoms with E-state index in [4.69, 9.17) is 23.0 Å². The third kappa shape index (κ3) is 7.16. The molecule has 0 radical (unpaired) electrons. The fraction of sp³-hybridized carbons (Fsp3) is 0.629. The normalized spacial score (nSPS) is 24.4. The molecule has 3 fully saturated rings. The maximum Gasteiger partial charge on any atom is 0.478 e. The number of hydrogen-bond donors (Lipinski definition) is 0. The first-order valence-corrected chi connectivity index (χ1v) is 17.7. The van der Waals surface area contributed by atoms with E-state index in [0.29, 0.717) is 23.2 Å². The Balaban J connectivity index is 1.48. The molecule has 1 spiro atoms. The predicted molar refractivity (Wildman–Crippen MR) is 170 cm³/mol. The van der Waals surface area contributed by atoms with Gasteiger partial charge in [-0.15, -0.1) is 0 Å². The molecule has 0 saturated carbocycles. The molecular weight excluding hydrogens is 577 g/mol. The van der Waals surface area contributed by atoms with Crippen molar-refractivity contribution >= 4 is 13.8 Å². The predicted octanol–water partition coefficient (Wildman–Crippen LogP) is 7.89. The Morgan fingerprint density at radius 2 is 1.25 bits per heavy atom. The van der Waals surface area contributed by atoms with E-state index < -0.39 is 36.9 Å². The Morgan fingerprint density at radius 3 is 1.68 bits per heavy atom. The van der Waals surface area contributed by atoms with Gasteiger partial charge in [0.15, 0.2) is 6.29 Å². The Kier molecular flexibility index (Phi) is 9.55. The second-order valence-electron chi connectivity index (χ2n) is 14.7. The van der Waals surface area contributed by atoms with E-state index in [1.54, 1.807) is 48.5 Å². The summed E-state index contributed by atoms with van der Waals surface area (Å²) in [5.74, 6) is -0.507. The highest BCUT2D eigenvalue weighted by atomic mass is 31.2. The zero-order chi connectivity index (χ0) is 31.8. The van der Waals surface area contributed by atoms with Crippen LogP contribution in [0.25, 0.3) is 0 Å². The lowest BCUT2D eigenvalue weighted by Crippen LogP contribution is -2.60. The van der Waals surface area contributed by atoms with Crippen LogP contribution in [0.2, 0.25) is 0 Å². The summed E-state index contributed by atoms with van der Waals surface area (Å²) < 4.78 is 46.2. The lowest BCUT2D eigenvalue weighted by atomic mass is 9.85. The van der Waals surface area contributed by atoms with Gasteiger partial charge in [-0.2, -0.15) is 0 Å². The van der Waals surface area contributed by atoms with Crippen molar-refractivity contribution in [1.82, 2.24) is 0 Å². The molecule has 0 aliphatic carbocycles. The Labute approximate surface area is 263 Å². The van der Waals surface area contributed by atoms with Gasteiger partial charge in [-0.05, 0) is 59.6 Å². The number of nitrogens with zero attached hydrogens (tertiary/aromatic N) is 1. The minimum Gasteiger partial charge on any atom is -0.459 e. The third-order valence-electron chi connectivity index (χ3n) is 9.07. The van der Waals surface area contributed by atoms with Crippen LogP contribution in [0.1, 0.15) is 98.1 Å². The highest BCUT2D eigenvalue weighted by Crippen LogP contribution is 2.57. The molecule has 3 atom stereocenters. The van der Waals surface area contributed by atoms with Crippen molar-refractivity contribution in [3.05, 3.63) is 71.8 Å². The summed E-state index contributed by atoms with van der Waals surface area (Å²) >= 11 is 0. The average Bonchev–Trinajstić information content (AvgIpc) is 3.46. The van der Waals surface area contributed by atoms with E-state index in [1.165, 1.54) is 43.3 Å². The maximum absolute atomic E-state index is 14.7. The topological polar surface area (TPSA) is 80.3 Å². The summed E-state index contributed by atoms with van der Waals surface area (Å²) in [6, 6.07) is 19.8. The number of esters is 1. The van der Waals surface area contributed by atoms with Crippen LogP contribution in [-0.4, -0.2) is 59.2 Å². The fourth-order valence-corrected chi connectivity index (χ4v) is 9.53. The van der Waals surface area contributed by atoms with Crippen LogP contribution in [0.3, 0.4) is 0 Å². The molecule has 3 saturated heterocycles. The summed E-state index contributed by atoms with van der Waals surface area (Å²) in [5.41, 5.74) is -2.16. The lowest BCUT2D eigenvalue weighted by Gasteiger charge is -2.47. The first-order valence-electron chi connectivity index (χ1n) is 16.2. The number of carbonyl (C=O) groups is 1. The van der Waals surface area contributed by atoms with Crippen molar-refractivity contribution in [3.63, 3.8) is 0 Å². The number of benzene rings is 2. The molecule has 242 valence electrons. The molecule has 3 aliphatic rings. The van der Waals surface area contributed by atoms with Crippen molar-refractivity contribution in [2.45, 2.75) is 128 Å². The zero-order valence-corrected chi connectivity index (χ0v) is 28.4. The molecule has 2 unspecified atom stereocenters. The van der Waals surface area contributed by atoms with E-state index in [1.807, 2.05) is 60.7 Å². The Morgan fingerprint density at radius 1 is 0.795 bits per heavy atom. The molecule has 0 aromatic heterocycles. The molecule has 2 bridgehead atoms. The third-order valence-corrected chi connectivity index (χ3v) is 11.2. The van der Waals surface area contributed by atoms with Gasteiger partial charge < -0.3 is 14.0 Å². The number of piperidine rings is 1. The molecule has 0 N–H and O–H groups in total. The smallest absolute Gasteiger partial charge is 0.459 e. The number of rotatable bonds is 10. The summed E-state index contributed by atoms with van der Waals surface area (Å²) in [7, 11) is -4.16. The average molecular weight is 629 g/mol. The van der Waals surface area contributed by atoms with Gasteiger partial charge in [0.25, 0.3) is 0 Å². The number of phosphoric ester groups is 1. The summed E-state index contributed by atoms with van der Waals surface area (Å²) in [4.78, 5) is 14.7. The van der Waals surface area contributed by atoms with Gasteiger partial charge in [0, 0.05) is 38.5 Å². The van der Waals surface area contributed by atoms with Gasteiger partial charge in [0.1, 0.15) is 6.10 Å². The fourth-order valence-electron chi connectivity index (χ4n) is 7.66. The second-order valence-corrected chi connectivity index (χ2v) is 16.2. The molecule has 8 nitrogen and oxygen atoms in total. The summed E-state index contributed by atoms with van der Waals surface area (Å²) in [6.45, 7) is 14.8. The first kappa shape index (κ1) is 33.3. The van der Waals surface area contributed by atoms with Gasteiger partial charge in [0.05, 0.1) is 36.4 Å². The van der Waals surface area contributed by atoms with Crippen LogP contribution in [0.5, 0.6) is 0 Å². The highest BCUT2D eigenvalue weighted by Gasteiger charge is 2.57. The minimum absolute atomic E-state index is 0.199. The molecule has 44 heavy (non-hydrogen) atoms. The largest absolute Gasteiger partial charge is 0.478 e. The van der Waals surface area contributed by atoms with Crippen molar-refractivity contribution < 1.29 is 36.9 Å². The van der Waals surface area contributed by atoms with Crippen molar-refractivity contribution in [2.75, 3.05) is 13.1 Å². The van der Waals surface area contributed by atoms with E-state index >= 15 is 0 Å². The van der Waals surface area contributed by atoms with Gasteiger partial charge in [-0.25, -0.2) is 9.36 Å². The number of carbonyl (C=O) groups excluding carboxylic acids is 1. The Bertz CT molecular complexity index is 1240. The molecule has 0 amide bonds. The number of quaternary nitrogens is 1. The van der Waals surface area contributed by atoms with E-state index in [0.717, 1.165) is 12.8 Å². The van der Waals surface area contributed by atoms with E-state index in [2.05, 4.69) is 0 Å². The van der Waals surface area contributed by atoms with Crippen molar-refractivity contribution in [3.8, 4) is 0 Å². The molecule has 2 aromatic rings. The zero-order valence-electron chi connectivity index (χ0n) is 27.5. The first-order chi connectivity index (χ1) is 20.6. The number of phosphoric acid groups is 1. The standard InChI is InChI=1S/C35H51NO7P/c1-26(41-44(38,42-33(2,3)4)43-34(5,6)7)40-35(27-16-10-8-11-17-27,28-18-12-9-13-19-28)32(37)39-31-24-29-20-21-30(25-31)36(29)22-14-15-23-36/h8-13,16-19,26,29-31H,14-15,20-25H2,1-7H3/q+1/t26-,29?,30?,31?/m0/s1. The van der Waals surface area contributed by atoms with Crippen molar-refractivity contribution in [2.24, 2.45) is 0 Å². The highest BCUT2D eigenvalue weighted by molar-refractivity contribution is 7.48. The van der Waals surface area contributed by atoms with Crippen LogP contribution in [0, 0.1) is 0 Å². The van der Waals surface area contributed by atoms with E-state index in [-0.39, 0.29) is 6.10 Å². The molecule has 3 aliphatic heterocycles. The maximum atomic E-state index is 14.7. The van der Waals surface area contributed by atoms with E-state index in [9.17, 15) is 9.36 Å². The van der Waals surface area contributed by atoms with Crippen LogP contribution < -0.4 is 0 Å². The van der Waals surface area contributed by atoms with Gasteiger partial charge in [-0.1, -0.05) is 60.7 Å². The van der Waals surface area contributed by atoms with Gasteiger partial charge in [-0.3, -0.25) is 13.6 Å². The van der Waals surface area contributed by atoms with Crippen LogP contribution >= 0.6 is 7.82 Å². The molecule has 2 aromatic carbocycles. The number of ether oxygens (including phenoxy) is 2. The quantitative estimate of drug-likeness (QED) is 0.115. The Hall–Kier alpha value is -2.06. The number of hydrogen-bond acceptors (Lipinski definition) is 7. The monoisotopic (exact) mass is 628 g/mol. The SMILES string of the molecule is C[C@@H](OC(C(=O)OC1CC2CCC(C1)[N+]21CCCC1)(c1ccccc1)c1ccccc1)OP(=O)(OC(C)(C)C)OC(C)(C)C. The van der Waals surface area contributed by atoms with Crippen molar-refractivity contribution in [1.29, 1.82) is 0 Å².